The van der Waals surface area contributed by atoms with E-state index in [1.54, 1.807) is 19.1 Å². The number of hydrogen-bond acceptors (Lipinski definition) is 3. The Morgan fingerprint density at radius 3 is 2.84 bits per heavy atom. The summed E-state index contributed by atoms with van der Waals surface area (Å²) in [6.07, 6.45) is 7.37. The number of para-hydroxylation sites is 1. The first-order valence-electron chi connectivity index (χ1n) is 6.03. The maximum Gasteiger partial charge on any atom is 0.285 e. The van der Waals surface area contributed by atoms with Gasteiger partial charge in [0, 0.05) is 18.5 Å². The quantitative estimate of drug-likeness (QED) is 0.369. The molecule has 1 N–H and O–H groups in total. The maximum atomic E-state index is 11.9. The zero-order valence-corrected chi connectivity index (χ0v) is 10.8. The summed E-state index contributed by atoms with van der Waals surface area (Å²) in [6.45, 7) is 2.08. The number of carbonyl (C=O) groups is 1. The van der Waals surface area contributed by atoms with Gasteiger partial charge in [0.25, 0.3) is 11.6 Å². The number of benzene rings is 1. The largest absolute Gasteiger partial charge is 0.352 e. The van der Waals surface area contributed by atoms with Crippen molar-refractivity contribution in [3.63, 3.8) is 0 Å². The molecule has 100 valence electrons. The molecule has 1 rings (SSSR count). The molecule has 0 saturated carbocycles. The molecule has 19 heavy (non-hydrogen) atoms. The number of nitrogens with one attached hydrogen (secondary N) is 1. The van der Waals surface area contributed by atoms with Gasteiger partial charge in [0.05, 0.1) is 4.92 Å². The first kappa shape index (κ1) is 14.7. The van der Waals surface area contributed by atoms with Crippen molar-refractivity contribution in [2.24, 2.45) is 0 Å². The van der Waals surface area contributed by atoms with Crippen molar-refractivity contribution in [1.29, 1.82) is 0 Å². The summed E-state index contributed by atoms with van der Waals surface area (Å²) in [6, 6.07) is 4.71. The first-order chi connectivity index (χ1) is 9.07. The average molecular weight is 260 g/mol. The maximum absolute atomic E-state index is 11.9. The van der Waals surface area contributed by atoms with Gasteiger partial charge in [0.1, 0.15) is 5.56 Å². The van der Waals surface area contributed by atoms with Crippen molar-refractivity contribution in [3.8, 4) is 12.3 Å². The molecule has 0 saturated heterocycles. The van der Waals surface area contributed by atoms with Crippen LogP contribution in [0, 0.1) is 29.4 Å². The lowest BCUT2D eigenvalue weighted by molar-refractivity contribution is -0.385. The highest BCUT2D eigenvalue weighted by molar-refractivity contribution is 5.98. The van der Waals surface area contributed by atoms with Crippen LogP contribution in [0.3, 0.4) is 0 Å². The molecular formula is C14H16N2O3. The molecule has 5 heteroatoms. The summed E-state index contributed by atoms with van der Waals surface area (Å²) in [7, 11) is 0. The third-order valence-corrected chi connectivity index (χ3v) is 2.70. The molecule has 0 aliphatic carbocycles. The van der Waals surface area contributed by atoms with Gasteiger partial charge in [0.15, 0.2) is 0 Å². The monoisotopic (exact) mass is 260 g/mol. The Balaban J connectivity index is 2.70. The minimum Gasteiger partial charge on any atom is -0.352 e. The molecule has 0 spiro atoms. The van der Waals surface area contributed by atoms with Gasteiger partial charge in [-0.1, -0.05) is 12.1 Å². The molecule has 0 fully saturated rings. The second-order valence-electron chi connectivity index (χ2n) is 4.15. The molecule has 0 aliphatic heterocycles. The molecule has 1 amide bonds. The predicted molar refractivity (Wildman–Crippen MR) is 72.9 cm³/mol. The van der Waals surface area contributed by atoms with E-state index in [-0.39, 0.29) is 11.3 Å². The van der Waals surface area contributed by atoms with E-state index < -0.39 is 10.8 Å². The van der Waals surface area contributed by atoms with Crippen LogP contribution in [0.15, 0.2) is 18.2 Å². The van der Waals surface area contributed by atoms with Crippen LogP contribution in [-0.4, -0.2) is 17.4 Å². The van der Waals surface area contributed by atoms with Crippen molar-refractivity contribution in [1.82, 2.24) is 5.32 Å². The zero-order valence-electron chi connectivity index (χ0n) is 10.8. The number of amides is 1. The van der Waals surface area contributed by atoms with Crippen LogP contribution in [0.5, 0.6) is 0 Å². The lowest BCUT2D eigenvalue weighted by atomic mass is 10.1. The summed E-state index contributed by atoms with van der Waals surface area (Å²) in [4.78, 5) is 22.3. The van der Waals surface area contributed by atoms with Crippen LogP contribution in [0.25, 0.3) is 0 Å². The van der Waals surface area contributed by atoms with Crippen LogP contribution in [0.1, 0.15) is 35.2 Å². The van der Waals surface area contributed by atoms with Crippen LogP contribution in [0.4, 0.5) is 5.69 Å². The average Bonchev–Trinajstić information content (AvgIpc) is 2.37. The molecule has 0 aromatic heterocycles. The van der Waals surface area contributed by atoms with Crippen molar-refractivity contribution in [2.75, 3.05) is 6.54 Å². The lowest BCUT2D eigenvalue weighted by Gasteiger charge is -2.06. The van der Waals surface area contributed by atoms with E-state index in [0.717, 1.165) is 12.8 Å². The Morgan fingerprint density at radius 2 is 2.21 bits per heavy atom. The molecule has 1 aromatic rings. The van der Waals surface area contributed by atoms with Crippen molar-refractivity contribution < 1.29 is 9.72 Å². The number of terminal acetylenes is 1. The lowest BCUT2D eigenvalue weighted by Crippen LogP contribution is -2.25. The van der Waals surface area contributed by atoms with E-state index >= 15 is 0 Å². The molecule has 0 aliphatic rings. The number of carbonyl (C=O) groups excluding carboxylic acids is 1. The SMILES string of the molecule is C#CCCCCNC(=O)c1cccc(C)c1[N+](=O)[O-]. The fourth-order valence-electron chi connectivity index (χ4n) is 1.73. The molecule has 0 radical (unpaired) electrons. The molecular weight excluding hydrogens is 244 g/mol. The third-order valence-electron chi connectivity index (χ3n) is 2.70. The van der Waals surface area contributed by atoms with Crippen LogP contribution in [-0.2, 0) is 0 Å². The van der Waals surface area contributed by atoms with Gasteiger partial charge in [-0.2, -0.15) is 0 Å². The fraction of sp³-hybridized carbons (Fsp3) is 0.357. The Kier molecular flexibility index (Phi) is 5.55. The van der Waals surface area contributed by atoms with E-state index in [0.29, 0.717) is 18.5 Å². The first-order valence-corrected chi connectivity index (χ1v) is 6.03. The van der Waals surface area contributed by atoms with E-state index in [4.69, 9.17) is 6.42 Å². The van der Waals surface area contributed by atoms with Gasteiger partial charge in [-0.25, -0.2) is 0 Å². The summed E-state index contributed by atoms with van der Waals surface area (Å²) in [5.74, 6) is 2.10. The van der Waals surface area contributed by atoms with Gasteiger partial charge in [0.2, 0.25) is 0 Å². The highest BCUT2D eigenvalue weighted by atomic mass is 16.6. The summed E-state index contributed by atoms with van der Waals surface area (Å²) < 4.78 is 0. The minimum absolute atomic E-state index is 0.0990. The van der Waals surface area contributed by atoms with Crippen LogP contribution >= 0.6 is 0 Å². The summed E-state index contributed by atoms with van der Waals surface area (Å²) in [5.41, 5.74) is 0.440. The Hall–Kier alpha value is -2.35. The van der Waals surface area contributed by atoms with Crippen molar-refractivity contribution in [3.05, 3.63) is 39.4 Å². The van der Waals surface area contributed by atoms with E-state index in [9.17, 15) is 14.9 Å². The molecule has 1 aromatic carbocycles. The van der Waals surface area contributed by atoms with Crippen LogP contribution < -0.4 is 5.32 Å². The molecule has 0 atom stereocenters. The van der Waals surface area contributed by atoms with E-state index in [2.05, 4.69) is 11.2 Å². The number of unbranched alkanes of at least 4 members (excludes halogenated alkanes) is 2. The third kappa shape index (κ3) is 4.11. The number of nitro groups is 1. The highest BCUT2D eigenvalue weighted by Crippen LogP contribution is 2.22. The highest BCUT2D eigenvalue weighted by Gasteiger charge is 2.21. The van der Waals surface area contributed by atoms with Gasteiger partial charge in [-0.3, -0.25) is 14.9 Å². The van der Waals surface area contributed by atoms with Crippen LogP contribution in [0.2, 0.25) is 0 Å². The molecule has 0 bridgehead atoms. The van der Waals surface area contributed by atoms with Crippen molar-refractivity contribution in [2.45, 2.75) is 26.2 Å². The van der Waals surface area contributed by atoms with Gasteiger partial charge in [-0.15, -0.1) is 12.3 Å². The van der Waals surface area contributed by atoms with Gasteiger partial charge in [-0.05, 0) is 25.8 Å². The smallest absolute Gasteiger partial charge is 0.285 e. The number of hydrogen-bond donors (Lipinski definition) is 1. The van der Waals surface area contributed by atoms with Gasteiger partial charge < -0.3 is 5.32 Å². The Labute approximate surface area is 112 Å². The fourth-order valence-corrected chi connectivity index (χ4v) is 1.73. The number of aryl methyl sites for hydroxylation is 1. The van der Waals surface area contributed by atoms with Crippen molar-refractivity contribution >= 4 is 11.6 Å². The Morgan fingerprint density at radius 1 is 1.47 bits per heavy atom. The topological polar surface area (TPSA) is 72.2 Å². The van der Waals surface area contributed by atoms with Gasteiger partial charge >= 0.3 is 0 Å². The number of nitro benzene ring substituents is 1. The minimum atomic E-state index is -0.525. The predicted octanol–water partition coefficient (Wildman–Crippen LogP) is 2.44. The molecule has 5 nitrogen and oxygen atoms in total. The Bertz CT molecular complexity index is 518. The van der Waals surface area contributed by atoms with E-state index in [1.807, 2.05) is 0 Å². The van der Waals surface area contributed by atoms with E-state index in [1.165, 1.54) is 6.07 Å². The molecule has 0 unspecified atom stereocenters. The normalized spacial score (nSPS) is 9.68. The molecule has 0 heterocycles. The number of nitrogens with zero attached hydrogens (tertiary/aromatic N) is 1. The standard InChI is InChI=1S/C14H16N2O3/c1-3-4-5-6-10-15-14(17)12-9-7-8-11(2)13(12)16(18)19/h1,7-9H,4-6,10H2,2H3,(H,15,17). The second-order valence-corrected chi connectivity index (χ2v) is 4.15. The summed E-state index contributed by atoms with van der Waals surface area (Å²) in [5, 5.41) is 13.6. The summed E-state index contributed by atoms with van der Waals surface area (Å²) >= 11 is 0. The zero-order chi connectivity index (χ0) is 14.3. The number of rotatable bonds is 6. The second kappa shape index (κ2) is 7.17.